The van der Waals surface area contributed by atoms with Crippen LogP contribution in [0.5, 0.6) is 0 Å². The van der Waals surface area contributed by atoms with Crippen LogP contribution in [0.25, 0.3) is 0 Å². The van der Waals surface area contributed by atoms with Crippen LogP contribution in [-0.4, -0.2) is 26.8 Å². The molecule has 0 fully saturated rings. The number of aryl methyl sites for hydroxylation is 1. The van der Waals surface area contributed by atoms with E-state index in [-0.39, 0.29) is 0 Å². The molecule has 2 rings (SSSR count). The molecule has 0 aliphatic carbocycles. The molecule has 0 radical (unpaired) electrons. The summed E-state index contributed by atoms with van der Waals surface area (Å²) in [4.78, 5) is 22.5. The zero-order chi connectivity index (χ0) is 25.3. The summed E-state index contributed by atoms with van der Waals surface area (Å²) >= 11 is 0. The maximum atomic E-state index is 13.9. The summed E-state index contributed by atoms with van der Waals surface area (Å²) in [6.07, 6.45) is -0.872. The van der Waals surface area contributed by atoms with Gasteiger partial charge in [0.2, 0.25) is 5.82 Å². The number of benzene rings is 2. The molecule has 6 nitrogen and oxygen atoms in total. The summed E-state index contributed by atoms with van der Waals surface area (Å²) < 4.78 is 102. The number of hydrogen-bond acceptors (Lipinski definition) is 6. The van der Waals surface area contributed by atoms with Crippen molar-refractivity contribution in [1.29, 1.82) is 0 Å². The van der Waals surface area contributed by atoms with E-state index in [2.05, 4.69) is 4.18 Å². The van der Waals surface area contributed by atoms with E-state index in [0.29, 0.717) is 5.56 Å². The Kier molecular flexibility index (Phi) is 7.64. The van der Waals surface area contributed by atoms with Gasteiger partial charge >= 0.3 is 16.1 Å². The van der Waals surface area contributed by atoms with Crippen molar-refractivity contribution in [1.82, 2.24) is 0 Å². The summed E-state index contributed by atoms with van der Waals surface area (Å²) in [6, 6.07) is 6.79. The molecule has 2 aromatic carbocycles. The second kappa shape index (κ2) is 9.56. The first-order valence-corrected chi connectivity index (χ1v) is 10.7. The van der Waals surface area contributed by atoms with Crippen molar-refractivity contribution in [2.75, 3.05) is 6.61 Å². The number of Topliss-reactive ketones (excluding diaryl/α,β-unsaturated/α-hetero) is 1. The minimum Gasteiger partial charge on any atom is -0.457 e. The van der Waals surface area contributed by atoms with Gasteiger partial charge in [0.05, 0.1) is 6.61 Å². The highest BCUT2D eigenvalue weighted by Gasteiger charge is 2.44. The molecule has 0 heterocycles. The fourth-order valence-corrected chi connectivity index (χ4v) is 3.69. The lowest BCUT2D eigenvalue weighted by Gasteiger charge is -2.26. The van der Waals surface area contributed by atoms with Crippen LogP contribution >= 0.6 is 0 Å². The average molecular weight is 494 g/mol. The molecular formula is C21H19F5O6S. The molecule has 2 aromatic rings. The number of rotatable bonds is 8. The lowest BCUT2D eigenvalue weighted by molar-refractivity contribution is -0.165. The van der Waals surface area contributed by atoms with E-state index in [1.54, 1.807) is 24.3 Å². The standard InChI is InChI=1S/C21H19F5O6S/c1-10-5-7-13(8-6-10)11(2)32-20(28)21(4,12(3)27)9-31-33(29,30)19-17(25)15(23)14(22)16(24)18(19)26/h5-8,11H,9H2,1-4H3/t11-,21?/m0/s1. The summed E-state index contributed by atoms with van der Waals surface area (Å²) in [5.74, 6) is -15.0. The largest absolute Gasteiger partial charge is 0.457 e. The second-order valence-corrected chi connectivity index (χ2v) is 9.01. The molecule has 12 heteroatoms. The highest BCUT2D eigenvalue weighted by atomic mass is 32.2. The fraction of sp³-hybridized carbons (Fsp3) is 0.333. The zero-order valence-electron chi connectivity index (χ0n) is 17.8. The highest BCUT2D eigenvalue weighted by molar-refractivity contribution is 7.86. The lowest BCUT2D eigenvalue weighted by Crippen LogP contribution is -2.42. The van der Waals surface area contributed by atoms with Crippen LogP contribution in [0.2, 0.25) is 0 Å². The Bertz CT molecular complexity index is 1170. The summed E-state index contributed by atoms with van der Waals surface area (Å²) in [7, 11) is -5.63. The SMILES string of the molecule is CC(=O)C(C)(COS(=O)(=O)c1c(F)c(F)c(F)c(F)c1F)C(=O)O[C@@H](C)c1ccc(C)cc1. The third-order valence-electron chi connectivity index (χ3n) is 4.98. The van der Waals surface area contributed by atoms with Crippen LogP contribution < -0.4 is 0 Å². The van der Waals surface area contributed by atoms with Gasteiger partial charge in [-0.05, 0) is 33.3 Å². The topological polar surface area (TPSA) is 86.7 Å². The molecule has 180 valence electrons. The van der Waals surface area contributed by atoms with Gasteiger partial charge in [0.1, 0.15) is 17.3 Å². The highest BCUT2D eigenvalue weighted by Crippen LogP contribution is 2.31. The first-order valence-electron chi connectivity index (χ1n) is 9.33. The van der Waals surface area contributed by atoms with Gasteiger partial charge in [0, 0.05) is 0 Å². The van der Waals surface area contributed by atoms with Gasteiger partial charge in [-0.2, -0.15) is 8.42 Å². The molecule has 0 aliphatic heterocycles. The molecule has 0 saturated carbocycles. The third kappa shape index (κ3) is 5.22. The molecule has 0 spiro atoms. The lowest BCUT2D eigenvalue weighted by atomic mass is 9.87. The number of hydrogen-bond donors (Lipinski definition) is 0. The quantitative estimate of drug-likeness (QED) is 0.136. The Morgan fingerprint density at radius 3 is 1.85 bits per heavy atom. The average Bonchev–Trinajstić information content (AvgIpc) is 2.74. The number of ether oxygens (including phenoxy) is 1. The van der Waals surface area contributed by atoms with Crippen LogP contribution in [0.15, 0.2) is 29.2 Å². The van der Waals surface area contributed by atoms with Gasteiger partial charge in [-0.1, -0.05) is 29.8 Å². The minimum absolute atomic E-state index is 0.551. The molecular weight excluding hydrogens is 475 g/mol. The fourth-order valence-electron chi connectivity index (χ4n) is 2.56. The Labute approximate surface area is 186 Å². The molecule has 0 aromatic heterocycles. The maximum Gasteiger partial charge on any atom is 0.322 e. The van der Waals surface area contributed by atoms with Crippen molar-refractivity contribution in [3.8, 4) is 0 Å². The van der Waals surface area contributed by atoms with Crippen molar-refractivity contribution in [3.05, 3.63) is 64.5 Å². The van der Waals surface area contributed by atoms with E-state index in [1.807, 2.05) is 6.92 Å². The summed E-state index contributed by atoms with van der Waals surface area (Å²) in [6.45, 7) is 3.86. The van der Waals surface area contributed by atoms with E-state index in [9.17, 15) is 40.0 Å². The monoisotopic (exact) mass is 494 g/mol. The van der Waals surface area contributed by atoms with Crippen LogP contribution in [0.3, 0.4) is 0 Å². The zero-order valence-corrected chi connectivity index (χ0v) is 18.7. The minimum atomic E-state index is -5.63. The van der Waals surface area contributed by atoms with Crippen molar-refractivity contribution in [3.63, 3.8) is 0 Å². The number of ketones is 1. The number of esters is 1. The number of carbonyl (C=O) groups excluding carboxylic acids is 2. The number of halogens is 5. The predicted molar refractivity (Wildman–Crippen MR) is 104 cm³/mol. The van der Waals surface area contributed by atoms with Gasteiger partial charge in [-0.25, -0.2) is 22.0 Å². The van der Waals surface area contributed by atoms with Crippen LogP contribution in [0, 0.1) is 41.4 Å². The van der Waals surface area contributed by atoms with Crippen LogP contribution in [0.1, 0.15) is 38.0 Å². The van der Waals surface area contributed by atoms with Gasteiger partial charge in [-0.15, -0.1) is 0 Å². The predicted octanol–water partition coefficient (Wildman–Crippen LogP) is 4.30. The summed E-state index contributed by atoms with van der Waals surface area (Å²) in [5.41, 5.74) is -0.803. The van der Waals surface area contributed by atoms with Crippen molar-refractivity contribution in [2.24, 2.45) is 5.41 Å². The molecule has 0 N–H and O–H groups in total. The van der Waals surface area contributed by atoms with Crippen LogP contribution in [0.4, 0.5) is 22.0 Å². The summed E-state index contributed by atoms with van der Waals surface area (Å²) in [5, 5.41) is 0. The molecule has 0 aliphatic rings. The Hall–Kier alpha value is -2.86. The van der Waals surface area contributed by atoms with E-state index in [0.717, 1.165) is 19.4 Å². The van der Waals surface area contributed by atoms with E-state index in [1.165, 1.54) is 6.92 Å². The van der Waals surface area contributed by atoms with Gasteiger partial charge in [0.15, 0.2) is 28.2 Å². The maximum absolute atomic E-state index is 13.9. The van der Waals surface area contributed by atoms with Crippen molar-refractivity contribution in [2.45, 2.75) is 38.7 Å². The van der Waals surface area contributed by atoms with E-state index in [4.69, 9.17) is 4.74 Å². The second-order valence-electron chi connectivity index (χ2n) is 7.46. The smallest absolute Gasteiger partial charge is 0.322 e. The van der Waals surface area contributed by atoms with Gasteiger partial charge < -0.3 is 4.74 Å². The normalized spacial score (nSPS) is 14.5. The molecule has 0 bridgehead atoms. The van der Waals surface area contributed by atoms with Crippen molar-refractivity contribution < 1.29 is 48.9 Å². The first-order chi connectivity index (χ1) is 15.1. The Morgan fingerprint density at radius 2 is 1.39 bits per heavy atom. The molecule has 2 atom stereocenters. The van der Waals surface area contributed by atoms with E-state index < -0.39 is 74.0 Å². The third-order valence-corrected chi connectivity index (χ3v) is 6.27. The van der Waals surface area contributed by atoms with Gasteiger partial charge in [-0.3, -0.25) is 13.8 Å². The molecule has 1 unspecified atom stereocenters. The van der Waals surface area contributed by atoms with Crippen LogP contribution in [-0.2, 0) is 28.6 Å². The first kappa shape index (κ1) is 26.4. The molecule has 0 saturated heterocycles. The molecule has 0 amide bonds. The van der Waals surface area contributed by atoms with Crippen molar-refractivity contribution >= 4 is 21.9 Å². The Balaban J connectivity index is 2.31. The van der Waals surface area contributed by atoms with E-state index >= 15 is 0 Å². The number of carbonyl (C=O) groups is 2. The Morgan fingerprint density at radius 1 is 0.939 bits per heavy atom. The van der Waals surface area contributed by atoms with Gasteiger partial charge in [0.25, 0.3) is 0 Å². The molecule has 33 heavy (non-hydrogen) atoms.